The molecule has 0 aromatic heterocycles. The quantitative estimate of drug-likeness (QED) is 0.597. The molecule has 0 radical (unpaired) electrons. The molecule has 1 aliphatic heterocycles. The molecule has 6 heteroatoms. The maximum atomic E-state index is 13.0. The zero-order valence-corrected chi connectivity index (χ0v) is 21.2. The molecule has 1 atom stereocenters. The summed E-state index contributed by atoms with van der Waals surface area (Å²) in [6, 6.07) is 8.06. The van der Waals surface area contributed by atoms with Gasteiger partial charge in [-0.3, -0.25) is 4.90 Å². The summed E-state index contributed by atoms with van der Waals surface area (Å²) in [6.07, 6.45) is 2.85. The Morgan fingerprint density at radius 1 is 1.13 bits per heavy atom. The van der Waals surface area contributed by atoms with E-state index in [1.54, 1.807) is 4.90 Å². The smallest absolute Gasteiger partial charge is 0.410 e. The molecule has 0 aliphatic carbocycles. The minimum Gasteiger partial charge on any atom is -0.543 e. The Morgan fingerprint density at radius 3 is 2.33 bits per heavy atom. The highest BCUT2D eigenvalue weighted by Crippen LogP contribution is 2.40. The number of aliphatic hydroxyl groups excluding tert-OH is 1. The number of amides is 1. The number of aliphatic hydroxyl groups is 1. The van der Waals surface area contributed by atoms with Crippen LogP contribution in [0, 0.1) is 0 Å². The van der Waals surface area contributed by atoms with Crippen molar-refractivity contribution in [1.29, 1.82) is 0 Å². The Bertz CT molecular complexity index is 735. The van der Waals surface area contributed by atoms with E-state index in [1.165, 1.54) is 0 Å². The van der Waals surface area contributed by atoms with E-state index in [1.807, 2.05) is 39.0 Å². The maximum Gasteiger partial charge on any atom is 0.410 e. The molecule has 0 saturated carbocycles. The normalized spacial score (nSPS) is 20.8. The van der Waals surface area contributed by atoms with E-state index < -0.39 is 19.5 Å². The highest BCUT2D eigenvalue weighted by molar-refractivity contribution is 6.74. The lowest BCUT2D eigenvalue weighted by Crippen LogP contribution is -2.59. The van der Waals surface area contributed by atoms with Crippen molar-refractivity contribution in [3.05, 3.63) is 29.8 Å². The summed E-state index contributed by atoms with van der Waals surface area (Å²) in [4.78, 5) is 14.7. The monoisotopic (exact) mass is 435 g/mol. The molecule has 1 aromatic rings. The van der Waals surface area contributed by atoms with Crippen molar-refractivity contribution in [2.45, 2.75) is 96.5 Å². The van der Waals surface area contributed by atoms with Crippen LogP contribution in [0.5, 0.6) is 5.75 Å². The van der Waals surface area contributed by atoms with Gasteiger partial charge in [-0.25, -0.2) is 4.79 Å². The number of para-hydroxylation sites is 1. The Kier molecular flexibility index (Phi) is 7.35. The number of hydrogen-bond donors (Lipinski definition) is 1. The molecule has 1 amide bonds. The molecule has 0 unspecified atom stereocenters. The molecule has 2 rings (SSSR count). The summed E-state index contributed by atoms with van der Waals surface area (Å²) in [5.74, 6) is 0.867. The minimum atomic E-state index is -2.02. The van der Waals surface area contributed by atoms with E-state index in [-0.39, 0.29) is 17.7 Å². The van der Waals surface area contributed by atoms with Gasteiger partial charge in [0, 0.05) is 13.0 Å². The number of likely N-dealkylation sites (tertiary alicyclic amines) is 1. The first kappa shape index (κ1) is 24.7. The summed E-state index contributed by atoms with van der Waals surface area (Å²) in [6.45, 7) is 17.3. The zero-order chi connectivity index (χ0) is 22.8. The molecular formula is C24H41NO4Si. The van der Waals surface area contributed by atoms with Gasteiger partial charge in [0.05, 0.1) is 12.1 Å². The summed E-state index contributed by atoms with van der Waals surface area (Å²) in [7, 11) is -2.02. The second kappa shape index (κ2) is 8.91. The number of hydrogen-bond acceptors (Lipinski definition) is 4. The predicted molar refractivity (Wildman–Crippen MR) is 125 cm³/mol. The zero-order valence-electron chi connectivity index (χ0n) is 20.2. The Labute approximate surface area is 183 Å². The van der Waals surface area contributed by atoms with E-state index in [4.69, 9.17) is 9.16 Å². The summed E-state index contributed by atoms with van der Waals surface area (Å²) in [5.41, 5.74) is -0.209. The van der Waals surface area contributed by atoms with Gasteiger partial charge in [-0.15, -0.1) is 0 Å². The summed E-state index contributed by atoms with van der Waals surface area (Å²) < 4.78 is 12.3. The van der Waals surface area contributed by atoms with Crippen molar-refractivity contribution in [3.63, 3.8) is 0 Å². The van der Waals surface area contributed by atoms with Gasteiger partial charge in [0.1, 0.15) is 11.4 Å². The number of piperidine rings is 1. The first-order valence-electron chi connectivity index (χ1n) is 11.1. The van der Waals surface area contributed by atoms with Crippen molar-refractivity contribution in [2.24, 2.45) is 0 Å². The Morgan fingerprint density at radius 2 is 1.77 bits per heavy atom. The lowest BCUT2D eigenvalue weighted by atomic mass is 9.82. The van der Waals surface area contributed by atoms with Crippen LogP contribution in [0.4, 0.5) is 4.79 Å². The van der Waals surface area contributed by atoms with Crippen LogP contribution in [-0.2, 0) is 11.2 Å². The average Bonchev–Trinajstić information content (AvgIpc) is 2.61. The van der Waals surface area contributed by atoms with Gasteiger partial charge in [-0.2, -0.15) is 0 Å². The van der Waals surface area contributed by atoms with Crippen LogP contribution in [0.3, 0.4) is 0 Å². The van der Waals surface area contributed by atoms with Gasteiger partial charge in [0.2, 0.25) is 8.32 Å². The van der Waals surface area contributed by atoms with Crippen LogP contribution in [0.2, 0.25) is 18.1 Å². The van der Waals surface area contributed by atoms with Gasteiger partial charge in [-0.05, 0) is 69.8 Å². The molecule has 1 aliphatic rings. The fraction of sp³-hybridized carbons (Fsp3) is 0.708. The second-order valence-corrected chi connectivity index (χ2v) is 15.8. The first-order chi connectivity index (χ1) is 13.7. The van der Waals surface area contributed by atoms with E-state index >= 15 is 0 Å². The molecule has 5 nitrogen and oxygen atoms in total. The number of carbonyl (C=O) groups is 1. The standard InChI is InChI=1S/C24H41NO4Si/c1-22(2,3)28-21(27)25-16-12-11-15-24(25,18-26)17-19-13-9-10-14-20(19)29-30(7,8)23(4,5)6/h9-10,13-14,26H,11-12,15-18H2,1-8H3/t24-/m1/s1. The average molecular weight is 436 g/mol. The lowest BCUT2D eigenvalue weighted by molar-refractivity contribution is -0.0338. The molecule has 30 heavy (non-hydrogen) atoms. The van der Waals surface area contributed by atoms with E-state index in [0.717, 1.165) is 30.6 Å². The van der Waals surface area contributed by atoms with Gasteiger partial charge >= 0.3 is 6.09 Å². The number of nitrogens with zero attached hydrogens (tertiary/aromatic N) is 1. The lowest BCUT2D eigenvalue weighted by Gasteiger charge is -2.46. The Hall–Kier alpha value is -1.53. The number of rotatable bonds is 5. The van der Waals surface area contributed by atoms with Crippen LogP contribution in [0.25, 0.3) is 0 Å². The minimum absolute atomic E-state index is 0.0855. The van der Waals surface area contributed by atoms with Gasteiger partial charge < -0.3 is 14.3 Å². The largest absolute Gasteiger partial charge is 0.543 e. The van der Waals surface area contributed by atoms with Crippen LogP contribution < -0.4 is 4.43 Å². The van der Waals surface area contributed by atoms with Crippen LogP contribution in [-0.4, -0.2) is 48.7 Å². The van der Waals surface area contributed by atoms with Crippen LogP contribution in [0.15, 0.2) is 24.3 Å². The van der Waals surface area contributed by atoms with E-state index in [0.29, 0.717) is 13.0 Å². The molecule has 1 saturated heterocycles. The van der Waals surface area contributed by atoms with Gasteiger partial charge in [-0.1, -0.05) is 39.0 Å². The molecule has 1 heterocycles. The van der Waals surface area contributed by atoms with E-state index in [2.05, 4.69) is 39.9 Å². The predicted octanol–water partition coefficient (Wildman–Crippen LogP) is 5.77. The van der Waals surface area contributed by atoms with Crippen molar-refractivity contribution in [3.8, 4) is 5.75 Å². The topological polar surface area (TPSA) is 59.0 Å². The van der Waals surface area contributed by atoms with Crippen LogP contribution >= 0.6 is 0 Å². The number of ether oxygens (including phenoxy) is 1. The third-order valence-electron chi connectivity index (χ3n) is 6.42. The van der Waals surface area contributed by atoms with Gasteiger partial charge in [0.15, 0.2) is 0 Å². The first-order valence-corrected chi connectivity index (χ1v) is 14.0. The van der Waals surface area contributed by atoms with Crippen LogP contribution in [0.1, 0.15) is 66.4 Å². The third kappa shape index (κ3) is 5.79. The molecule has 0 spiro atoms. The van der Waals surface area contributed by atoms with Crippen molar-refractivity contribution >= 4 is 14.4 Å². The summed E-state index contributed by atoms with van der Waals surface area (Å²) >= 11 is 0. The molecule has 170 valence electrons. The fourth-order valence-corrected chi connectivity index (χ4v) is 4.69. The third-order valence-corrected chi connectivity index (χ3v) is 10.8. The number of benzene rings is 1. The maximum absolute atomic E-state index is 13.0. The molecule has 1 fully saturated rings. The van der Waals surface area contributed by atoms with Crippen molar-refractivity contribution in [1.82, 2.24) is 4.90 Å². The second-order valence-electron chi connectivity index (χ2n) is 11.1. The fourth-order valence-electron chi connectivity index (χ4n) is 3.63. The molecular weight excluding hydrogens is 394 g/mol. The molecule has 1 aromatic carbocycles. The van der Waals surface area contributed by atoms with E-state index in [9.17, 15) is 9.90 Å². The van der Waals surface area contributed by atoms with Crippen molar-refractivity contribution < 1.29 is 19.1 Å². The SMILES string of the molecule is CC(C)(C)OC(=O)N1CCCC[C@]1(CO)Cc1ccccc1O[Si](C)(C)C(C)(C)C. The van der Waals surface area contributed by atoms with Crippen molar-refractivity contribution in [2.75, 3.05) is 13.2 Å². The Balaban J connectivity index is 2.37. The highest BCUT2D eigenvalue weighted by atomic mass is 28.4. The number of carbonyl (C=O) groups excluding carboxylic acids is 1. The molecule has 1 N–H and O–H groups in total. The van der Waals surface area contributed by atoms with Gasteiger partial charge in [0.25, 0.3) is 0 Å². The molecule has 0 bridgehead atoms. The summed E-state index contributed by atoms with van der Waals surface area (Å²) in [5, 5.41) is 10.6. The highest BCUT2D eigenvalue weighted by Gasteiger charge is 2.44.